The Labute approximate surface area is 162 Å². The van der Waals surface area contributed by atoms with Crippen LogP contribution < -0.4 is 10.4 Å². The number of carboxylic acid groups (broad SMARTS) is 1. The first-order chi connectivity index (χ1) is 13.6. The van der Waals surface area contributed by atoms with Gasteiger partial charge in [0, 0.05) is 23.4 Å². The van der Waals surface area contributed by atoms with E-state index in [2.05, 4.69) is 4.52 Å². The zero-order chi connectivity index (χ0) is 21.3. The second-order valence-electron chi connectivity index (χ2n) is 6.17. The minimum Gasteiger partial charge on any atom is -0.487 e. The molecule has 0 saturated carbocycles. The van der Waals surface area contributed by atoms with Gasteiger partial charge in [-0.3, -0.25) is 4.52 Å². The van der Waals surface area contributed by atoms with E-state index in [9.17, 15) is 24.4 Å². The van der Waals surface area contributed by atoms with Gasteiger partial charge in [0.15, 0.2) is 0 Å². The number of rotatable bonds is 5. The fraction of sp³-hybridized carbons (Fsp3) is 0.235. The average molecular weight is 423 g/mol. The van der Waals surface area contributed by atoms with E-state index in [0.717, 1.165) is 6.08 Å². The van der Waals surface area contributed by atoms with Gasteiger partial charge in [-0.1, -0.05) is 0 Å². The predicted octanol–water partition coefficient (Wildman–Crippen LogP) is 0.666. The summed E-state index contributed by atoms with van der Waals surface area (Å²) in [6, 6.07) is 7.26. The van der Waals surface area contributed by atoms with E-state index < -0.39 is 37.7 Å². The van der Waals surface area contributed by atoms with E-state index in [-0.39, 0.29) is 28.9 Å². The van der Waals surface area contributed by atoms with E-state index in [1.807, 2.05) is 0 Å². The Bertz CT molecular complexity index is 1140. The minimum atomic E-state index is -5.01. The summed E-state index contributed by atoms with van der Waals surface area (Å²) in [7, 11) is -5.01. The molecule has 0 aliphatic heterocycles. The lowest BCUT2D eigenvalue weighted by molar-refractivity contribution is -0.134. The van der Waals surface area contributed by atoms with Crippen molar-refractivity contribution in [1.82, 2.24) is 0 Å². The van der Waals surface area contributed by atoms with E-state index in [1.54, 1.807) is 6.07 Å². The normalized spacial score (nSPS) is 22.0. The molecule has 0 bridgehead atoms. The van der Waals surface area contributed by atoms with Gasteiger partial charge in [0.05, 0.1) is 0 Å². The molecule has 0 saturated heterocycles. The van der Waals surface area contributed by atoms with Crippen molar-refractivity contribution >= 4 is 24.8 Å². The Morgan fingerprint density at radius 3 is 2.66 bits per heavy atom. The summed E-state index contributed by atoms with van der Waals surface area (Å²) in [5, 5.41) is 28.9. The van der Waals surface area contributed by atoms with Crippen LogP contribution in [0.4, 0.5) is 0 Å². The second kappa shape index (κ2) is 7.79. The van der Waals surface area contributed by atoms with Crippen molar-refractivity contribution in [3.05, 3.63) is 51.9 Å². The number of benzene rings is 1. The fourth-order valence-electron chi connectivity index (χ4n) is 2.85. The van der Waals surface area contributed by atoms with E-state index >= 15 is 0 Å². The molecule has 29 heavy (non-hydrogen) atoms. The summed E-state index contributed by atoms with van der Waals surface area (Å²) in [6.07, 6.45) is -3.78. The largest absolute Gasteiger partial charge is 0.487 e. The van der Waals surface area contributed by atoms with Gasteiger partial charge >= 0.3 is 19.4 Å². The SMILES string of the molecule is N#Cc1cc2ccc(OC3CC(C(=O)O)=CC(OP(=O)(O)O)C3O)cc2oc1=O. The number of ether oxygens (including phenoxy) is 1. The number of phosphoric acid groups is 1. The minimum absolute atomic E-state index is 0.0915. The Morgan fingerprint density at radius 1 is 1.31 bits per heavy atom. The standard InChI is InChI=1S/C17H14NO10P/c18-7-10-3-8-1-2-11(6-12(8)27-17(10)22)26-13-4-9(16(20)21)5-14(15(13)19)28-29(23,24)25/h1-3,5-6,13-15,19H,4H2,(H,20,21)(H2,23,24,25). The van der Waals surface area contributed by atoms with Gasteiger partial charge in [0.2, 0.25) is 0 Å². The number of hydrogen-bond donors (Lipinski definition) is 4. The average Bonchev–Trinajstić information content (AvgIpc) is 2.63. The number of fused-ring (bicyclic) bond motifs is 1. The molecule has 0 amide bonds. The highest BCUT2D eigenvalue weighted by Gasteiger charge is 2.39. The summed E-state index contributed by atoms with van der Waals surface area (Å²) in [5.41, 5.74) is -1.19. The van der Waals surface area contributed by atoms with Crippen molar-refractivity contribution in [1.29, 1.82) is 5.26 Å². The number of aliphatic carboxylic acids is 1. The van der Waals surface area contributed by atoms with Gasteiger partial charge in [-0.2, -0.15) is 5.26 Å². The Morgan fingerprint density at radius 2 is 2.03 bits per heavy atom. The van der Waals surface area contributed by atoms with Gasteiger partial charge in [0.1, 0.15) is 41.3 Å². The zero-order valence-electron chi connectivity index (χ0n) is 14.5. The summed E-state index contributed by atoms with van der Waals surface area (Å²) >= 11 is 0. The Kier molecular flexibility index (Phi) is 5.57. The fourth-order valence-corrected chi connectivity index (χ4v) is 3.36. The second-order valence-corrected chi connectivity index (χ2v) is 7.36. The molecular weight excluding hydrogens is 409 g/mol. The number of phosphoric ester groups is 1. The van der Waals surface area contributed by atoms with Crippen LogP contribution in [-0.2, 0) is 13.9 Å². The molecule has 0 spiro atoms. The molecule has 3 rings (SSSR count). The lowest BCUT2D eigenvalue weighted by Gasteiger charge is -2.32. The molecule has 1 aliphatic carbocycles. The summed E-state index contributed by atoms with van der Waals surface area (Å²) < 4.78 is 26.2. The summed E-state index contributed by atoms with van der Waals surface area (Å²) in [5.74, 6) is -1.27. The summed E-state index contributed by atoms with van der Waals surface area (Å²) in [4.78, 5) is 40.9. The quantitative estimate of drug-likeness (QED) is 0.391. The molecule has 3 unspecified atom stereocenters. The molecule has 1 aromatic carbocycles. The first-order valence-electron chi connectivity index (χ1n) is 8.08. The van der Waals surface area contributed by atoms with E-state index in [1.165, 1.54) is 24.3 Å². The van der Waals surface area contributed by atoms with Crippen molar-refractivity contribution < 1.29 is 43.0 Å². The van der Waals surface area contributed by atoms with Gasteiger partial charge in [0.25, 0.3) is 0 Å². The van der Waals surface area contributed by atoms with Crippen LogP contribution in [0.2, 0.25) is 0 Å². The highest BCUT2D eigenvalue weighted by Crippen LogP contribution is 2.41. The predicted molar refractivity (Wildman–Crippen MR) is 94.9 cm³/mol. The van der Waals surface area contributed by atoms with E-state index in [0.29, 0.717) is 5.39 Å². The molecule has 3 atom stereocenters. The van der Waals surface area contributed by atoms with Crippen LogP contribution in [0.15, 0.2) is 45.1 Å². The first-order valence-corrected chi connectivity index (χ1v) is 9.61. The van der Waals surface area contributed by atoms with Crippen molar-refractivity contribution in [3.63, 3.8) is 0 Å². The third-order valence-corrected chi connectivity index (χ3v) is 4.67. The maximum Gasteiger partial charge on any atom is 0.470 e. The van der Waals surface area contributed by atoms with Gasteiger partial charge < -0.3 is 29.2 Å². The van der Waals surface area contributed by atoms with Crippen molar-refractivity contribution in [2.75, 3.05) is 0 Å². The third kappa shape index (κ3) is 4.71. The van der Waals surface area contributed by atoms with Crippen LogP contribution in [0.5, 0.6) is 5.75 Å². The molecule has 152 valence electrons. The van der Waals surface area contributed by atoms with Gasteiger partial charge in [-0.05, 0) is 24.3 Å². The smallest absolute Gasteiger partial charge is 0.470 e. The van der Waals surface area contributed by atoms with E-state index in [4.69, 9.17) is 24.2 Å². The lowest BCUT2D eigenvalue weighted by Crippen LogP contribution is -2.45. The first kappa shape index (κ1) is 20.7. The number of aliphatic hydroxyl groups is 1. The van der Waals surface area contributed by atoms with Crippen LogP contribution in [0.1, 0.15) is 12.0 Å². The zero-order valence-corrected chi connectivity index (χ0v) is 15.4. The highest BCUT2D eigenvalue weighted by molar-refractivity contribution is 7.46. The Hall–Kier alpha value is -3.00. The molecule has 1 aromatic heterocycles. The molecule has 12 heteroatoms. The molecule has 0 radical (unpaired) electrons. The number of nitrogens with zero attached hydrogens (tertiary/aromatic N) is 1. The number of nitriles is 1. The maximum absolute atomic E-state index is 11.7. The van der Waals surface area contributed by atoms with Crippen LogP contribution >= 0.6 is 7.82 Å². The van der Waals surface area contributed by atoms with Crippen LogP contribution in [0.25, 0.3) is 11.0 Å². The number of carboxylic acids is 1. The van der Waals surface area contributed by atoms with Gasteiger partial charge in [-0.25, -0.2) is 14.2 Å². The molecule has 0 fully saturated rings. The summed E-state index contributed by atoms with van der Waals surface area (Å²) in [6.45, 7) is 0. The molecule has 1 heterocycles. The number of carbonyl (C=O) groups is 1. The number of aliphatic hydroxyl groups excluding tert-OH is 1. The third-order valence-electron chi connectivity index (χ3n) is 4.15. The van der Waals surface area contributed by atoms with Crippen LogP contribution in [-0.4, -0.2) is 44.3 Å². The maximum atomic E-state index is 11.7. The topological polar surface area (TPSA) is 188 Å². The molecular formula is C17H14NO10P. The highest BCUT2D eigenvalue weighted by atomic mass is 31.2. The Balaban J connectivity index is 1.91. The monoisotopic (exact) mass is 423 g/mol. The van der Waals surface area contributed by atoms with Crippen LogP contribution in [0, 0.1) is 11.3 Å². The van der Waals surface area contributed by atoms with Crippen molar-refractivity contribution in [2.24, 2.45) is 0 Å². The molecule has 11 nitrogen and oxygen atoms in total. The van der Waals surface area contributed by atoms with Gasteiger partial charge in [-0.15, -0.1) is 0 Å². The molecule has 4 N–H and O–H groups in total. The molecule has 1 aliphatic rings. The molecule has 2 aromatic rings. The number of hydrogen-bond acceptors (Lipinski definition) is 8. The van der Waals surface area contributed by atoms with Crippen molar-refractivity contribution in [2.45, 2.75) is 24.7 Å². The lowest BCUT2D eigenvalue weighted by atomic mass is 9.92. The van der Waals surface area contributed by atoms with Crippen molar-refractivity contribution in [3.8, 4) is 11.8 Å². The van der Waals surface area contributed by atoms with Crippen LogP contribution in [0.3, 0.4) is 0 Å².